The van der Waals surface area contributed by atoms with Crippen LogP contribution >= 0.6 is 23.2 Å². The number of hydrogen-bond donors (Lipinski definition) is 4. The van der Waals surface area contributed by atoms with E-state index < -0.39 is 24.0 Å². The first kappa shape index (κ1) is 29.2. The second kappa shape index (κ2) is 12.9. The zero-order chi connectivity index (χ0) is 28.7. The summed E-state index contributed by atoms with van der Waals surface area (Å²) in [6.07, 6.45) is 2.92. The molecule has 0 unspecified atom stereocenters. The number of imidazole rings is 1. The summed E-state index contributed by atoms with van der Waals surface area (Å²) in [6.45, 7) is -0.602. The Labute approximate surface area is 231 Å². The lowest BCUT2D eigenvalue weighted by atomic mass is 10.2. The quantitative estimate of drug-likeness (QED) is 0.178. The van der Waals surface area contributed by atoms with Gasteiger partial charge in [0.05, 0.1) is 47.0 Å². The Morgan fingerprint density at radius 1 is 0.872 bits per heavy atom. The van der Waals surface area contributed by atoms with E-state index in [2.05, 4.69) is 20.1 Å². The van der Waals surface area contributed by atoms with Crippen molar-refractivity contribution in [2.24, 2.45) is 0 Å². The van der Waals surface area contributed by atoms with Gasteiger partial charge >= 0.3 is 12.2 Å². The molecule has 0 aliphatic rings. The summed E-state index contributed by atoms with van der Waals surface area (Å²) in [7, 11) is 2.38. The Hall–Kier alpha value is -4.37. The number of amides is 4. The molecule has 0 spiro atoms. The largest absolute Gasteiger partial charge is 0.453 e. The number of nitrogens with zero attached hydrogens (tertiary/aromatic N) is 4. The molecule has 0 radical (unpaired) electrons. The van der Waals surface area contributed by atoms with Crippen molar-refractivity contribution in [1.82, 2.24) is 4.57 Å². The summed E-state index contributed by atoms with van der Waals surface area (Å²) >= 11 is 12.2. The fourth-order valence-corrected chi connectivity index (χ4v) is 3.60. The molecular formula is C23H23Cl2N6O8+. The number of methoxy groups -OCH3 is 2. The second-order valence-corrected chi connectivity index (χ2v) is 8.55. The number of rotatable bonds is 8. The van der Waals surface area contributed by atoms with Gasteiger partial charge in [-0.1, -0.05) is 23.2 Å². The summed E-state index contributed by atoms with van der Waals surface area (Å²) in [4.78, 5) is 47.8. The van der Waals surface area contributed by atoms with Gasteiger partial charge in [-0.3, -0.25) is 30.6 Å². The lowest BCUT2D eigenvalue weighted by Crippen LogP contribution is -2.43. The number of nitrogens with one attached hydrogen (secondary N) is 2. The normalized spacial score (nSPS) is 10.4. The highest BCUT2D eigenvalue weighted by Gasteiger charge is 2.21. The predicted molar refractivity (Wildman–Crippen MR) is 138 cm³/mol. The van der Waals surface area contributed by atoms with Crippen molar-refractivity contribution in [3.05, 3.63) is 65.2 Å². The van der Waals surface area contributed by atoms with Crippen molar-refractivity contribution in [3.8, 4) is 0 Å². The van der Waals surface area contributed by atoms with Crippen molar-refractivity contribution in [2.75, 3.05) is 35.0 Å². The monoisotopic (exact) mass is 581 g/mol. The summed E-state index contributed by atoms with van der Waals surface area (Å²) < 4.78 is 11.8. The van der Waals surface area contributed by atoms with Crippen LogP contribution in [0.1, 0.15) is 0 Å². The van der Waals surface area contributed by atoms with Crippen molar-refractivity contribution >= 4 is 70.0 Å². The van der Waals surface area contributed by atoms with E-state index >= 15 is 0 Å². The molecule has 39 heavy (non-hydrogen) atoms. The zero-order valence-corrected chi connectivity index (χ0v) is 22.0. The number of halogens is 2. The number of ether oxygens (including phenoxy) is 2. The number of benzene rings is 2. The van der Waals surface area contributed by atoms with E-state index in [4.69, 9.17) is 23.2 Å². The van der Waals surface area contributed by atoms with Crippen molar-refractivity contribution in [2.45, 2.75) is 13.1 Å². The third-order valence-corrected chi connectivity index (χ3v) is 5.72. The molecule has 0 saturated carbocycles. The SMILES string of the molecule is COC(=O)Nc1ccc(N(O)C(=O)Cn2cc[n+](CC(=O)N(O)c3ccc(NC(=O)OC)c(Cl)c3)c2)cc1Cl. The first-order chi connectivity index (χ1) is 18.5. The van der Waals surface area contributed by atoms with Crippen LogP contribution in [0.15, 0.2) is 55.1 Å². The average Bonchev–Trinajstić information content (AvgIpc) is 3.35. The minimum atomic E-state index is -0.736. The third-order valence-electron chi connectivity index (χ3n) is 5.09. The van der Waals surface area contributed by atoms with E-state index in [0.717, 1.165) is 0 Å². The van der Waals surface area contributed by atoms with Gasteiger partial charge in [0, 0.05) is 0 Å². The molecule has 3 rings (SSSR count). The van der Waals surface area contributed by atoms with Gasteiger partial charge in [-0.2, -0.15) is 10.1 Å². The zero-order valence-electron chi connectivity index (χ0n) is 20.5. The molecule has 206 valence electrons. The Balaban J connectivity index is 1.60. The van der Waals surface area contributed by atoms with Gasteiger partial charge in [0.2, 0.25) is 6.33 Å². The first-order valence-corrected chi connectivity index (χ1v) is 11.7. The summed E-state index contributed by atoms with van der Waals surface area (Å²) in [5.41, 5.74) is 0.549. The maximum Gasteiger partial charge on any atom is 0.411 e. The van der Waals surface area contributed by atoms with Crippen molar-refractivity contribution in [3.63, 3.8) is 0 Å². The molecule has 0 saturated heterocycles. The van der Waals surface area contributed by atoms with Gasteiger partial charge in [0.1, 0.15) is 12.4 Å². The summed E-state index contributed by atoms with van der Waals surface area (Å²) in [5, 5.41) is 26.3. The molecule has 0 bridgehead atoms. The van der Waals surface area contributed by atoms with Crippen molar-refractivity contribution in [1.29, 1.82) is 0 Å². The lowest BCUT2D eigenvalue weighted by Gasteiger charge is -2.16. The molecule has 1 aromatic heterocycles. The summed E-state index contributed by atoms with van der Waals surface area (Å²) in [5.74, 6) is -1.46. The van der Waals surface area contributed by atoms with Crippen LogP contribution in [0.5, 0.6) is 0 Å². The van der Waals surface area contributed by atoms with Crippen LogP contribution in [0, 0.1) is 0 Å². The van der Waals surface area contributed by atoms with Crippen molar-refractivity contribution < 1.29 is 43.6 Å². The van der Waals surface area contributed by atoms with E-state index in [1.165, 1.54) is 78.5 Å². The maximum atomic E-state index is 12.6. The molecule has 16 heteroatoms. The molecule has 0 atom stereocenters. The van der Waals surface area contributed by atoms with E-state index in [-0.39, 0.29) is 45.9 Å². The van der Waals surface area contributed by atoms with Gasteiger partial charge in [-0.15, -0.1) is 0 Å². The van der Waals surface area contributed by atoms with Gasteiger partial charge in [-0.25, -0.2) is 18.7 Å². The number of anilines is 4. The Bertz CT molecular complexity index is 1300. The Morgan fingerprint density at radius 2 is 1.36 bits per heavy atom. The van der Waals surface area contributed by atoms with Crippen LogP contribution in [-0.2, 0) is 32.2 Å². The molecule has 2 aromatic carbocycles. The van der Waals surface area contributed by atoms with Crippen LogP contribution in [-0.4, -0.2) is 53.2 Å². The number of carbonyl (C=O) groups is 4. The smallest absolute Gasteiger partial charge is 0.411 e. The number of aromatic nitrogens is 2. The van der Waals surface area contributed by atoms with Crippen LogP contribution in [0.2, 0.25) is 10.0 Å². The molecule has 0 aliphatic heterocycles. The molecule has 3 aromatic rings. The standard InChI is InChI=1S/C23H22Cl2N6O8/c1-38-22(34)26-18-5-3-14(9-16(18)24)30(36)20(32)11-28-7-8-29(13-28)12-21(33)31(37)15-4-6-19(17(25)10-15)27-23(35)39-2/h3-10,13,36-37H,11-12H2,1-2H3,(H-,26,27,34,35)/p+1. The van der Waals surface area contributed by atoms with Crippen LogP contribution in [0.4, 0.5) is 32.3 Å². The molecule has 4 N–H and O–H groups in total. The summed E-state index contributed by atoms with van der Waals surface area (Å²) in [6, 6.07) is 8.06. The molecule has 1 heterocycles. The van der Waals surface area contributed by atoms with Crippen LogP contribution in [0.25, 0.3) is 0 Å². The van der Waals surface area contributed by atoms with E-state index in [1.807, 2.05) is 0 Å². The average molecular weight is 582 g/mol. The van der Waals surface area contributed by atoms with Gasteiger partial charge < -0.3 is 9.47 Å². The molecular weight excluding hydrogens is 559 g/mol. The predicted octanol–water partition coefficient (Wildman–Crippen LogP) is 3.28. The molecule has 4 amide bonds. The van der Waals surface area contributed by atoms with Crippen LogP contribution in [0.3, 0.4) is 0 Å². The lowest BCUT2D eigenvalue weighted by molar-refractivity contribution is -0.683. The maximum absolute atomic E-state index is 12.6. The highest BCUT2D eigenvalue weighted by molar-refractivity contribution is 6.34. The fraction of sp³-hybridized carbons (Fsp3) is 0.174. The van der Waals surface area contributed by atoms with Gasteiger partial charge in [0.15, 0.2) is 13.1 Å². The van der Waals surface area contributed by atoms with E-state index in [9.17, 15) is 29.6 Å². The van der Waals surface area contributed by atoms with Gasteiger partial charge in [0.25, 0.3) is 11.8 Å². The highest BCUT2D eigenvalue weighted by atomic mass is 35.5. The van der Waals surface area contributed by atoms with Gasteiger partial charge in [-0.05, 0) is 36.4 Å². The molecule has 0 fully saturated rings. The minimum Gasteiger partial charge on any atom is -0.453 e. The fourth-order valence-electron chi connectivity index (χ4n) is 3.16. The van der Waals surface area contributed by atoms with E-state index in [0.29, 0.717) is 10.1 Å². The topological polar surface area (TPSA) is 167 Å². The first-order valence-electron chi connectivity index (χ1n) is 10.9. The minimum absolute atomic E-state index is 0.0537. The third kappa shape index (κ3) is 7.58. The number of hydroxylamine groups is 2. The number of hydrogen-bond acceptors (Lipinski definition) is 8. The van der Waals surface area contributed by atoms with E-state index in [1.54, 1.807) is 0 Å². The number of carbonyl (C=O) groups excluding carboxylic acids is 4. The molecule has 14 nitrogen and oxygen atoms in total. The molecule has 0 aliphatic carbocycles. The Morgan fingerprint density at radius 3 is 1.82 bits per heavy atom. The second-order valence-electron chi connectivity index (χ2n) is 7.73. The van der Waals surface area contributed by atoms with Crippen LogP contribution < -0.4 is 25.3 Å². The Kier molecular flexibility index (Phi) is 9.68. The highest BCUT2D eigenvalue weighted by Crippen LogP contribution is 2.28.